The second kappa shape index (κ2) is 10.6. The van der Waals surface area contributed by atoms with Gasteiger partial charge in [-0.25, -0.2) is 4.79 Å². The van der Waals surface area contributed by atoms with Crippen molar-refractivity contribution in [2.75, 3.05) is 5.75 Å². The van der Waals surface area contributed by atoms with Crippen molar-refractivity contribution in [2.24, 2.45) is 0 Å². The number of aliphatic hydroxyl groups excluding tert-OH is 1. The molecule has 2 aliphatic heterocycles. The van der Waals surface area contributed by atoms with Crippen LogP contribution in [0.1, 0.15) is 22.8 Å². The van der Waals surface area contributed by atoms with E-state index in [1.807, 2.05) is 91.0 Å². The van der Waals surface area contributed by atoms with E-state index < -0.39 is 41.5 Å². The Morgan fingerprint density at radius 3 is 2.08 bits per heavy atom. The smallest absolute Gasteiger partial charge is 0.332 e. The van der Waals surface area contributed by atoms with Gasteiger partial charge in [0.05, 0.1) is 12.5 Å². The van der Waals surface area contributed by atoms with Gasteiger partial charge in [0, 0.05) is 5.75 Å². The average molecular weight is 503 g/mol. The molecule has 2 aliphatic rings. The normalized spacial score (nSPS) is 22.9. The van der Waals surface area contributed by atoms with Crippen LogP contribution in [0.25, 0.3) is 0 Å². The molecule has 0 aromatic heterocycles. The van der Waals surface area contributed by atoms with Crippen LogP contribution in [0.2, 0.25) is 0 Å². The molecular formula is C28H26N2O5S. The Hall–Kier alpha value is -3.62. The Kier molecular flexibility index (Phi) is 7.06. The molecule has 3 aromatic rings. The SMILES string of the molecule is O=C(Cc1ccccc1)N[C@@H]1C(=O)N2[C@H](C(=O)OC(c3ccccc3)c3ccccc3)[C@H](O)CS[C@@H]12. The second-order valence-electron chi connectivity index (χ2n) is 8.83. The first kappa shape index (κ1) is 24.1. The Balaban J connectivity index is 1.30. The Morgan fingerprint density at radius 1 is 0.944 bits per heavy atom. The topological polar surface area (TPSA) is 95.9 Å². The van der Waals surface area contributed by atoms with Crippen molar-refractivity contribution in [1.29, 1.82) is 0 Å². The highest BCUT2D eigenvalue weighted by Crippen LogP contribution is 2.39. The number of fused-ring (bicyclic) bond motifs is 1. The van der Waals surface area contributed by atoms with Gasteiger partial charge in [0.25, 0.3) is 0 Å². The van der Waals surface area contributed by atoms with Crippen molar-refractivity contribution < 1.29 is 24.2 Å². The van der Waals surface area contributed by atoms with E-state index >= 15 is 0 Å². The third-order valence-electron chi connectivity index (χ3n) is 6.39. The molecule has 0 aliphatic carbocycles. The molecule has 7 nitrogen and oxygen atoms in total. The van der Waals surface area contributed by atoms with Gasteiger partial charge in [-0.1, -0.05) is 91.0 Å². The Labute approximate surface area is 213 Å². The van der Waals surface area contributed by atoms with Crippen LogP contribution < -0.4 is 5.32 Å². The van der Waals surface area contributed by atoms with Gasteiger partial charge in [-0.2, -0.15) is 0 Å². The molecule has 2 heterocycles. The summed E-state index contributed by atoms with van der Waals surface area (Å²) < 4.78 is 5.94. The number of aliphatic hydroxyl groups is 1. The van der Waals surface area contributed by atoms with Crippen molar-refractivity contribution in [3.8, 4) is 0 Å². The molecule has 184 valence electrons. The van der Waals surface area contributed by atoms with Crippen molar-refractivity contribution in [1.82, 2.24) is 10.2 Å². The number of nitrogens with zero attached hydrogens (tertiary/aromatic N) is 1. The van der Waals surface area contributed by atoms with Crippen LogP contribution in [0.4, 0.5) is 0 Å². The minimum Gasteiger partial charge on any atom is -0.451 e. The minimum absolute atomic E-state index is 0.159. The highest BCUT2D eigenvalue weighted by molar-refractivity contribution is 8.00. The predicted octanol–water partition coefficient (Wildman–Crippen LogP) is 2.69. The molecule has 3 aromatic carbocycles. The zero-order valence-electron chi connectivity index (χ0n) is 19.4. The van der Waals surface area contributed by atoms with Crippen LogP contribution in [0.5, 0.6) is 0 Å². The average Bonchev–Trinajstić information content (AvgIpc) is 2.91. The van der Waals surface area contributed by atoms with Crippen LogP contribution in [0.15, 0.2) is 91.0 Å². The molecular weight excluding hydrogens is 476 g/mol. The summed E-state index contributed by atoms with van der Waals surface area (Å²) in [7, 11) is 0. The number of carbonyl (C=O) groups excluding carboxylic acids is 3. The predicted molar refractivity (Wildman–Crippen MR) is 136 cm³/mol. The lowest BCUT2D eigenvalue weighted by atomic mass is 9.98. The number of hydrogen-bond acceptors (Lipinski definition) is 6. The molecule has 0 bridgehead atoms. The molecule has 4 atom stereocenters. The number of esters is 1. The van der Waals surface area contributed by atoms with E-state index in [1.165, 1.54) is 16.7 Å². The summed E-state index contributed by atoms with van der Waals surface area (Å²) in [4.78, 5) is 40.3. The fourth-order valence-electron chi connectivity index (χ4n) is 4.61. The zero-order chi connectivity index (χ0) is 25.1. The third-order valence-corrected chi connectivity index (χ3v) is 7.76. The molecule has 2 N–H and O–H groups in total. The maximum absolute atomic E-state index is 13.4. The lowest BCUT2D eigenvalue weighted by Gasteiger charge is -2.53. The fraction of sp³-hybridized carbons (Fsp3) is 0.250. The molecule has 8 heteroatoms. The van der Waals surface area contributed by atoms with Crippen LogP contribution in [-0.2, 0) is 25.5 Å². The first-order valence-electron chi connectivity index (χ1n) is 11.8. The van der Waals surface area contributed by atoms with E-state index in [1.54, 1.807) is 0 Å². The van der Waals surface area contributed by atoms with Crippen LogP contribution in [0.3, 0.4) is 0 Å². The van der Waals surface area contributed by atoms with E-state index in [9.17, 15) is 19.5 Å². The first-order valence-corrected chi connectivity index (χ1v) is 12.8. The third kappa shape index (κ3) is 4.87. The van der Waals surface area contributed by atoms with Crippen LogP contribution in [0, 0.1) is 0 Å². The van der Waals surface area contributed by atoms with Gasteiger partial charge in [-0.05, 0) is 16.7 Å². The molecule has 0 saturated carbocycles. The number of carbonyl (C=O) groups is 3. The number of β-lactam (4-membered cyclic amide) rings is 1. The molecule has 2 fully saturated rings. The molecule has 5 rings (SSSR count). The van der Waals surface area contributed by atoms with Crippen molar-refractivity contribution in [3.05, 3.63) is 108 Å². The molecule has 2 amide bonds. The first-order chi connectivity index (χ1) is 17.5. The van der Waals surface area contributed by atoms with Crippen LogP contribution in [-0.4, -0.2) is 57.1 Å². The van der Waals surface area contributed by atoms with Gasteiger partial charge in [-0.3, -0.25) is 9.59 Å². The molecule has 0 radical (unpaired) electrons. The van der Waals surface area contributed by atoms with E-state index in [-0.39, 0.29) is 18.1 Å². The monoisotopic (exact) mass is 502 g/mol. The minimum atomic E-state index is -1.14. The van der Waals surface area contributed by atoms with Gasteiger partial charge in [0.15, 0.2) is 12.1 Å². The fourth-order valence-corrected chi connectivity index (χ4v) is 5.96. The van der Waals surface area contributed by atoms with Gasteiger partial charge >= 0.3 is 5.97 Å². The van der Waals surface area contributed by atoms with Gasteiger partial charge in [0.2, 0.25) is 11.8 Å². The quantitative estimate of drug-likeness (QED) is 0.381. The van der Waals surface area contributed by atoms with Gasteiger partial charge in [-0.15, -0.1) is 11.8 Å². The van der Waals surface area contributed by atoms with Gasteiger partial charge < -0.3 is 20.1 Å². The van der Waals surface area contributed by atoms with E-state index in [0.29, 0.717) is 0 Å². The summed E-state index contributed by atoms with van der Waals surface area (Å²) in [5, 5.41) is 13.0. The van der Waals surface area contributed by atoms with E-state index in [0.717, 1.165) is 16.7 Å². The van der Waals surface area contributed by atoms with Gasteiger partial charge in [0.1, 0.15) is 11.4 Å². The van der Waals surface area contributed by atoms with Crippen molar-refractivity contribution >= 4 is 29.5 Å². The summed E-state index contributed by atoms with van der Waals surface area (Å²) in [5.74, 6) is -1.09. The number of ether oxygens (including phenoxy) is 1. The highest BCUT2D eigenvalue weighted by Gasteiger charge is 2.58. The summed E-state index contributed by atoms with van der Waals surface area (Å²) >= 11 is 1.35. The summed E-state index contributed by atoms with van der Waals surface area (Å²) in [5.41, 5.74) is 2.42. The Bertz CT molecular complexity index is 1180. The number of benzene rings is 3. The number of amides is 2. The zero-order valence-corrected chi connectivity index (χ0v) is 20.2. The number of hydrogen-bond donors (Lipinski definition) is 2. The van der Waals surface area contributed by atoms with Crippen molar-refractivity contribution in [2.45, 2.75) is 36.1 Å². The maximum Gasteiger partial charge on any atom is 0.332 e. The summed E-state index contributed by atoms with van der Waals surface area (Å²) in [6, 6.07) is 26.1. The van der Waals surface area contributed by atoms with E-state index in [2.05, 4.69) is 5.32 Å². The largest absolute Gasteiger partial charge is 0.451 e. The second-order valence-corrected chi connectivity index (χ2v) is 9.98. The number of nitrogens with one attached hydrogen (secondary N) is 1. The lowest BCUT2D eigenvalue weighted by Crippen LogP contribution is -2.76. The number of thioether (sulfide) groups is 1. The van der Waals surface area contributed by atoms with Crippen LogP contribution >= 0.6 is 11.8 Å². The molecule has 0 unspecified atom stereocenters. The molecule has 2 saturated heterocycles. The Morgan fingerprint density at radius 2 is 1.50 bits per heavy atom. The van der Waals surface area contributed by atoms with Crippen molar-refractivity contribution in [3.63, 3.8) is 0 Å². The van der Waals surface area contributed by atoms with E-state index in [4.69, 9.17) is 4.74 Å². The lowest BCUT2D eigenvalue weighted by molar-refractivity contribution is -0.173. The standard InChI is InChI=1S/C28H26N2O5S/c31-21-17-36-27-23(29-22(32)16-18-10-4-1-5-11-18)26(33)30(27)24(21)28(34)35-25(19-12-6-2-7-13-19)20-14-8-3-9-15-20/h1-15,21,23-25,27,31H,16-17H2,(H,29,32)/t21-,23-,24+,27+/m1/s1. The maximum atomic E-state index is 13.4. The highest BCUT2D eigenvalue weighted by atomic mass is 32.2. The summed E-state index contributed by atoms with van der Waals surface area (Å²) in [6.45, 7) is 0. The molecule has 0 spiro atoms. The summed E-state index contributed by atoms with van der Waals surface area (Å²) in [6.07, 6.45) is -1.60. The molecule has 36 heavy (non-hydrogen) atoms. The number of rotatable bonds is 7.